The highest BCUT2D eigenvalue weighted by Gasteiger charge is 2.41. The van der Waals surface area contributed by atoms with Crippen molar-refractivity contribution in [3.05, 3.63) is 34.0 Å². The van der Waals surface area contributed by atoms with Gasteiger partial charge in [0.1, 0.15) is 11.0 Å². The van der Waals surface area contributed by atoms with Gasteiger partial charge in [-0.05, 0) is 81.3 Å². The fourth-order valence-electron chi connectivity index (χ4n) is 5.10. The van der Waals surface area contributed by atoms with Gasteiger partial charge in [-0.25, -0.2) is 9.18 Å². The highest BCUT2D eigenvalue weighted by atomic mass is 32.1. The van der Waals surface area contributed by atoms with Crippen molar-refractivity contribution in [2.45, 2.75) is 83.4 Å². The lowest BCUT2D eigenvalue weighted by Crippen LogP contribution is -2.40. The molecule has 3 rings (SSSR count). The van der Waals surface area contributed by atoms with Crippen LogP contribution in [0.4, 0.5) is 4.39 Å². The lowest BCUT2D eigenvalue weighted by atomic mass is 9.63. The molecule has 0 amide bonds. The highest BCUT2D eigenvalue weighted by molar-refractivity contribution is 7.13. The van der Waals surface area contributed by atoms with Crippen LogP contribution in [0.5, 0.6) is 0 Å². The molecule has 1 heterocycles. The van der Waals surface area contributed by atoms with E-state index in [9.17, 15) is 14.3 Å². The van der Waals surface area contributed by atoms with Crippen molar-refractivity contribution in [3.63, 3.8) is 0 Å². The van der Waals surface area contributed by atoms with Gasteiger partial charge in [0.2, 0.25) is 0 Å². The van der Waals surface area contributed by atoms with E-state index in [2.05, 4.69) is 6.92 Å². The molecule has 0 aromatic carbocycles. The summed E-state index contributed by atoms with van der Waals surface area (Å²) < 4.78 is 19.2. The van der Waals surface area contributed by atoms with Gasteiger partial charge >= 0.3 is 5.97 Å². The smallest absolute Gasteiger partial charge is 0.348 e. The van der Waals surface area contributed by atoms with Crippen LogP contribution in [0.25, 0.3) is 0 Å². The predicted molar refractivity (Wildman–Crippen MR) is 116 cm³/mol. The first-order chi connectivity index (χ1) is 14.0. The summed E-state index contributed by atoms with van der Waals surface area (Å²) in [5.74, 6) is 0.0776. The second-order valence-corrected chi connectivity index (χ2v) is 10.00. The quantitative estimate of drug-likeness (QED) is 0.365. The Hall–Kier alpha value is -1.20. The summed E-state index contributed by atoms with van der Waals surface area (Å²) in [5.41, 5.74) is 0.109. The molecule has 2 aliphatic rings. The molecule has 1 aromatic rings. The molecule has 0 bridgehead atoms. The number of carbonyl (C=O) groups is 1. The molecule has 0 radical (unpaired) electrons. The summed E-state index contributed by atoms with van der Waals surface area (Å²) in [6.45, 7) is 2.17. The van der Waals surface area contributed by atoms with Gasteiger partial charge in [0.15, 0.2) is 0 Å². The number of allylic oxidation sites excluding steroid dienone is 1. The number of ether oxygens (including phenoxy) is 1. The summed E-state index contributed by atoms with van der Waals surface area (Å²) in [4.78, 5) is 13.4. The molecule has 1 unspecified atom stereocenters. The van der Waals surface area contributed by atoms with Crippen molar-refractivity contribution in [3.8, 4) is 0 Å². The first kappa shape index (κ1) is 22.5. The number of aliphatic hydroxyl groups excluding tert-OH is 1. The number of halogens is 1. The molecule has 0 aliphatic heterocycles. The first-order valence-corrected chi connectivity index (χ1v) is 12.0. The zero-order valence-electron chi connectivity index (χ0n) is 17.7. The summed E-state index contributed by atoms with van der Waals surface area (Å²) in [6, 6.07) is 3.81. The monoisotopic (exact) mass is 422 g/mol. The van der Waals surface area contributed by atoms with Gasteiger partial charge in [-0.2, -0.15) is 0 Å². The van der Waals surface area contributed by atoms with E-state index in [4.69, 9.17) is 4.74 Å². The van der Waals surface area contributed by atoms with Gasteiger partial charge in [0.25, 0.3) is 0 Å². The van der Waals surface area contributed by atoms with Crippen LogP contribution in [0.1, 0.15) is 79.3 Å². The second kappa shape index (κ2) is 10.2. The van der Waals surface area contributed by atoms with Gasteiger partial charge in [0, 0.05) is 10.8 Å². The Morgan fingerprint density at radius 1 is 1.41 bits per heavy atom. The SMILES string of the molecule is CCC1(C(O)CC=C[C@@H]2[C@@H](CCCc3ccc(C(=O)OC)s3)CC[C@H]2F)CCC1. The molecule has 0 spiro atoms. The molecule has 1 N–H and O–H groups in total. The number of hydrogen-bond donors (Lipinski definition) is 1. The zero-order valence-corrected chi connectivity index (χ0v) is 18.6. The number of aliphatic hydroxyl groups is 1. The number of esters is 1. The van der Waals surface area contributed by atoms with Gasteiger partial charge in [-0.15, -0.1) is 11.3 Å². The Kier molecular flexibility index (Phi) is 7.92. The molecular weight excluding hydrogens is 387 g/mol. The maximum atomic E-state index is 14.5. The third-order valence-corrected chi connectivity index (χ3v) is 8.42. The van der Waals surface area contributed by atoms with Crippen LogP contribution in [-0.4, -0.2) is 30.5 Å². The number of rotatable bonds is 10. The fraction of sp³-hybridized carbons (Fsp3) is 0.708. The van der Waals surface area contributed by atoms with Crippen LogP contribution in [0.2, 0.25) is 0 Å². The Bertz CT molecular complexity index is 689. The number of hydrogen-bond acceptors (Lipinski definition) is 4. The van der Waals surface area contributed by atoms with Crippen LogP contribution in [0, 0.1) is 17.3 Å². The van der Waals surface area contributed by atoms with E-state index in [-0.39, 0.29) is 23.4 Å². The van der Waals surface area contributed by atoms with Crippen molar-refractivity contribution in [1.82, 2.24) is 0 Å². The summed E-state index contributed by atoms with van der Waals surface area (Å²) in [5, 5.41) is 10.6. The highest BCUT2D eigenvalue weighted by Crippen LogP contribution is 2.47. The molecule has 2 aliphatic carbocycles. The van der Waals surface area contributed by atoms with Gasteiger partial charge in [-0.1, -0.05) is 25.5 Å². The molecular formula is C24H35FO3S. The Morgan fingerprint density at radius 2 is 2.21 bits per heavy atom. The molecule has 5 heteroatoms. The van der Waals surface area contributed by atoms with E-state index in [0.717, 1.165) is 44.9 Å². The molecule has 162 valence electrons. The predicted octanol–water partition coefficient (Wildman–Crippen LogP) is 6.11. The average molecular weight is 423 g/mol. The standard InChI is InChI=1S/C24H35FO3S/c1-3-24(15-6-16-24)22(26)10-5-9-19-17(11-13-20(19)25)7-4-8-18-12-14-21(29-18)23(27)28-2/h5,9,12,14,17,19-20,22,26H,3-4,6-8,10-11,13,15-16H2,1-2H3/t17-,19+,20+,22?/m0/s1. The summed E-state index contributed by atoms with van der Waals surface area (Å²) in [7, 11) is 1.40. The van der Waals surface area contributed by atoms with Crippen molar-refractivity contribution in [2.24, 2.45) is 17.3 Å². The van der Waals surface area contributed by atoms with E-state index in [0.29, 0.717) is 23.6 Å². The second-order valence-electron chi connectivity index (χ2n) is 8.83. The molecule has 0 saturated heterocycles. The zero-order chi connectivity index (χ0) is 20.9. The van der Waals surface area contributed by atoms with Gasteiger partial charge < -0.3 is 9.84 Å². The van der Waals surface area contributed by atoms with E-state index < -0.39 is 6.17 Å². The molecule has 29 heavy (non-hydrogen) atoms. The Labute approximate surface area is 178 Å². The van der Waals surface area contributed by atoms with Crippen LogP contribution in [0.15, 0.2) is 24.3 Å². The van der Waals surface area contributed by atoms with E-state index >= 15 is 0 Å². The topological polar surface area (TPSA) is 46.5 Å². The lowest BCUT2D eigenvalue weighted by molar-refractivity contribution is -0.0355. The van der Waals surface area contributed by atoms with Crippen molar-refractivity contribution in [1.29, 1.82) is 0 Å². The third kappa shape index (κ3) is 5.29. The number of carbonyl (C=O) groups excluding carboxylic acids is 1. The molecule has 4 atom stereocenters. The largest absolute Gasteiger partial charge is 0.465 e. The van der Waals surface area contributed by atoms with Crippen LogP contribution < -0.4 is 0 Å². The minimum atomic E-state index is -0.759. The Balaban J connectivity index is 1.46. The van der Waals surface area contributed by atoms with E-state index in [1.807, 2.05) is 24.3 Å². The molecule has 2 fully saturated rings. The summed E-state index contributed by atoms with van der Waals surface area (Å²) in [6.07, 6.45) is 12.7. The van der Waals surface area contributed by atoms with Crippen molar-refractivity contribution in [2.75, 3.05) is 7.11 Å². The fourth-order valence-corrected chi connectivity index (χ4v) is 6.06. The third-order valence-electron chi connectivity index (χ3n) is 7.30. The first-order valence-electron chi connectivity index (χ1n) is 11.1. The Morgan fingerprint density at radius 3 is 2.86 bits per heavy atom. The maximum absolute atomic E-state index is 14.5. The van der Waals surface area contributed by atoms with Gasteiger partial charge in [0.05, 0.1) is 13.2 Å². The van der Waals surface area contributed by atoms with E-state index in [1.54, 1.807) is 0 Å². The van der Waals surface area contributed by atoms with Crippen LogP contribution >= 0.6 is 11.3 Å². The normalized spacial score (nSPS) is 27.1. The molecule has 1 aromatic heterocycles. The van der Waals surface area contributed by atoms with E-state index in [1.165, 1.54) is 29.7 Å². The number of methoxy groups -OCH3 is 1. The van der Waals surface area contributed by atoms with Crippen LogP contribution in [-0.2, 0) is 11.2 Å². The van der Waals surface area contributed by atoms with Crippen LogP contribution in [0.3, 0.4) is 0 Å². The minimum Gasteiger partial charge on any atom is -0.465 e. The maximum Gasteiger partial charge on any atom is 0.348 e. The summed E-state index contributed by atoms with van der Waals surface area (Å²) >= 11 is 1.49. The molecule has 2 saturated carbocycles. The lowest BCUT2D eigenvalue weighted by Gasteiger charge is -2.45. The van der Waals surface area contributed by atoms with Gasteiger partial charge in [-0.3, -0.25) is 0 Å². The minimum absolute atomic E-state index is 0.0184. The van der Waals surface area contributed by atoms with Crippen molar-refractivity contribution < 1.29 is 19.0 Å². The number of thiophene rings is 1. The number of alkyl halides is 1. The molecule has 3 nitrogen and oxygen atoms in total. The average Bonchev–Trinajstić information content (AvgIpc) is 3.29. The van der Waals surface area contributed by atoms with Crippen molar-refractivity contribution >= 4 is 17.3 Å². The number of aryl methyl sites for hydroxylation is 1.